The van der Waals surface area contributed by atoms with Gasteiger partial charge in [-0.05, 0) is 44.4 Å². The lowest BCUT2D eigenvalue weighted by Gasteiger charge is -2.36. The molecule has 2 N–H and O–H groups in total. The highest BCUT2D eigenvalue weighted by atomic mass is 32.2. The van der Waals surface area contributed by atoms with E-state index in [0.717, 1.165) is 25.3 Å². The van der Waals surface area contributed by atoms with Crippen molar-refractivity contribution in [3.05, 3.63) is 29.6 Å². The van der Waals surface area contributed by atoms with Crippen molar-refractivity contribution in [2.75, 3.05) is 6.54 Å². The maximum Gasteiger partial charge on any atom is 0.243 e. The minimum absolute atomic E-state index is 0.00755. The zero-order chi connectivity index (χ0) is 14.9. The highest BCUT2D eigenvalue weighted by molar-refractivity contribution is 7.89. The zero-order valence-corrected chi connectivity index (χ0v) is 12.7. The standard InChI is InChI=1S/C14H21FN2O2S/c1-10-6-7-12(9-13(10)15)20(18,19)17-8-4-3-5-14(17)11(2)16/h6-7,9,11,14H,3-5,8,16H2,1-2H3/t11-,14-/m1/s1. The molecule has 1 aliphatic heterocycles. The fourth-order valence-electron chi connectivity index (χ4n) is 2.62. The predicted octanol–water partition coefficient (Wildman–Crippen LogP) is 2.02. The Bertz CT molecular complexity index is 587. The van der Waals surface area contributed by atoms with E-state index < -0.39 is 15.8 Å². The topological polar surface area (TPSA) is 63.4 Å². The Morgan fingerprint density at radius 3 is 2.70 bits per heavy atom. The predicted molar refractivity (Wildman–Crippen MR) is 76.3 cm³/mol. The van der Waals surface area contributed by atoms with Crippen molar-refractivity contribution in [3.8, 4) is 0 Å². The Morgan fingerprint density at radius 1 is 1.40 bits per heavy atom. The van der Waals surface area contributed by atoms with Gasteiger partial charge in [-0.3, -0.25) is 0 Å². The van der Waals surface area contributed by atoms with E-state index in [-0.39, 0.29) is 17.0 Å². The van der Waals surface area contributed by atoms with E-state index >= 15 is 0 Å². The second-order valence-corrected chi connectivity index (χ2v) is 7.34. The van der Waals surface area contributed by atoms with Crippen LogP contribution in [0.3, 0.4) is 0 Å². The van der Waals surface area contributed by atoms with Gasteiger partial charge >= 0.3 is 0 Å². The number of hydrogen-bond acceptors (Lipinski definition) is 3. The number of halogens is 1. The smallest absolute Gasteiger partial charge is 0.243 e. The minimum Gasteiger partial charge on any atom is -0.326 e. The van der Waals surface area contributed by atoms with Crippen molar-refractivity contribution in [1.82, 2.24) is 4.31 Å². The minimum atomic E-state index is -3.68. The molecule has 20 heavy (non-hydrogen) atoms. The molecule has 0 saturated carbocycles. The fraction of sp³-hybridized carbons (Fsp3) is 0.571. The summed E-state index contributed by atoms with van der Waals surface area (Å²) in [6.07, 6.45) is 2.54. The third kappa shape index (κ3) is 2.87. The maximum absolute atomic E-state index is 13.6. The number of nitrogens with two attached hydrogens (primary N) is 1. The Morgan fingerprint density at radius 2 is 2.10 bits per heavy atom. The van der Waals surface area contributed by atoms with Crippen molar-refractivity contribution < 1.29 is 12.8 Å². The van der Waals surface area contributed by atoms with Crippen molar-refractivity contribution >= 4 is 10.0 Å². The average molecular weight is 300 g/mol. The number of rotatable bonds is 3. The van der Waals surface area contributed by atoms with Gasteiger partial charge in [-0.1, -0.05) is 12.5 Å². The Hall–Kier alpha value is -0.980. The number of sulfonamides is 1. The van der Waals surface area contributed by atoms with Gasteiger partial charge in [-0.25, -0.2) is 12.8 Å². The van der Waals surface area contributed by atoms with Gasteiger partial charge in [-0.2, -0.15) is 4.31 Å². The van der Waals surface area contributed by atoms with Crippen LogP contribution in [0.25, 0.3) is 0 Å². The van der Waals surface area contributed by atoms with E-state index in [9.17, 15) is 12.8 Å². The summed E-state index contributed by atoms with van der Waals surface area (Å²) in [5, 5.41) is 0. The van der Waals surface area contributed by atoms with E-state index in [2.05, 4.69) is 0 Å². The van der Waals surface area contributed by atoms with E-state index in [1.165, 1.54) is 16.4 Å². The van der Waals surface area contributed by atoms with Crippen molar-refractivity contribution in [2.24, 2.45) is 5.73 Å². The lowest BCUT2D eigenvalue weighted by molar-refractivity contribution is 0.227. The van der Waals surface area contributed by atoms with Gasteiger partial charge in [0.2, 0.25) is 10.0 Å². The first-order chi connectivity index (χ1) is 9.34. The summed E-state index contributed by atoms with van der Waals surface area (Å²) >= 11 is 0. The summed E-state index contributed by atoms with van der Waals surface area (Å²) in [7, 11) is -3.68. The molecule has 0 spiro atoms. The molecule has 2 rings (SSSR count). The van der Waals surface area contributed by atoms with Gasteiger partial charge in [0.25, 0.3) is 0 Å². The molecule has 6 heteroatoms. The van der Waals surface area contributed by atoms with E-state index in [1.807, 2.05) is 6.92 Å². The summed E-state index contributed by atoms with van der Waals surface area (Å²) in [6.45, 7) is 3.87. The molecule has 0 radical (unpaired) electrons. The Balaban J connectivity index is 2.39. The van der Waals surface area contributed by atoms with E-state index in [4.69, 9.17) is 5.73 Å². The Kier molecular flexibility index (Phi) is 4.46. The van der Waals surface area contributed by atoms with Crippen molar-refractivity contribution in [3.63, 3.8) is 0 Å². The molecular weight excluding hydrogens is 279 g/mol. The molecule has 1 heterocycles. The van der Waals surface area contributed by atoms with Crippen LogP contribution in [0, 0.1) is 12.7 Å². The molecular formula is C14H21FN2O2S. The average Bonchev–Trinajstić information content (AvgIpc) is 2.41. The summed E-state index contributed by atoms with van der Waals surface area (Å²) in [5.74, 6) is -0.500. The number of piperidine rings is 1. The number of nitrogens with zero attached hydrogens (tertiary/aromatic N) is 1. The maximum atomic E-state index is 13.6. The first-order valence-corrected chi connectivity index (χ1v) is 8.31. The summed E-state index contributed by atoms with van der Waals surface area (Å²) in [6, 6.07) is 3.60. The largest absolute Gasteiger partial charge is 0.326 e. The van der Waals surface area contributed by atoms with Crippen LogP contribution < -0.4 is 5.73 Å². The highest BCUT2D eigenvalue weighted by Gasteiger charge is 2.35. The molecule has 0 bridgehead atoms. The van der Waals surface area contributed by atoms with Crippen LogP contribution in [0.4, 0.5) is 4.39 Å². The first kappa shape index (κ1) is 15.4. The van der Waals surface area contributed by atoms with Crippen molar-refractivity contribution in [1.29, 1.82) is 0 Å². The molecule has 0 amide bonds. The Labute approximate surface area is 119 Å². The molecule has 1 fully saturated rings. The molecule has 4 nitrogen and oxygen atoms in total. The van der Waals surface area contributed by atoms with Gasteiger partial charge in [-0.15, -0.1) is 0 Å². The van der Waals surface area contributed by atoms with Gasteiger partial charge in [0.15, 0.2) is 0 Å². The lowest BCUT2D eigenvalue weighted by Crippen LogP contribution is -2.51. The summed E-state index contributed by atoms with van der Waals surface area (Å²) < 4.78 is 40.4. The van der Waals surface area contributed by atoms with E-state index in [1.54, 1.807) is 6.92 Å². The SMILES string of the molecule is Cc1ccc(S(=O)(=O)N2CCCC[C@@H]2[C@@H](C)N)cc1F. The third-order valence-electron chi connectivity index (χ3n) is 3.86. The van der Waals surface area contributed by atoms with Crippen LogP contribution in [0.15, 0.2) is 23.1 Å². The van der Waals surface area contributed by atoms with Gasteiger partial charge in [0.1, 0.15) is 5.82 Å². The second kappa shape index (κ2) is 5.79. The van der Waals surface area contributed by atoms with Crippen LogP contribution in [-0.2, 0) is 10.0 Å². The molecule has 1 aliphatic rings. The van der Waals surface area contributed by atoms with Crippen molar-refractivity contribution in [2.45, 2.75) is 50.1 Å². The molecule has 0 aliphatic carbocycles. The number of benzene rings is 1. The molecule has 0 unspecified atom stereocenters. The van der Waals surface area contributed by atoms with Crippen LogP contribution in [0.2, 0.25) is 0 Å². The second-order valence-electron chi connectivity index (χ2n) is 5.45. The monoisotopic (exact) mass is 300 g/mol. The van der Waals surface area contributed by atoms with Gasteiger partial charge in [0.05, 0.1) is 4.90 Å². The molecule has 0 aromatic heterocycles. The number of hydrogen-bond donors (Lipinski definition) is 1. The molecule has 112 valence electrons. The number of aryl methyl sites for hydroxylation is 1. The zero-order valence-electron chi connectivity index (χ0n) is 11.8. The van der Waals surface area contributed by atoms with Crippen LogP contribution >= 0.6 is 0 Å². The quantitative estimate of drug-likeness (QED) is 0.929. The lowest BCUT2D eigenvalue weighted by atomic mass is 10.00. The van der Waals surface area contributed by atoms with Gasteiger partial charge in [0, 0.05) is 18.6 Å². The van der Waals surface area contributed by atoms with Crippen LogP contribution in [0.5, 0.6) is 0 Å². The van der Waals surface area contributed by atoms with Crippen LogP contribution in [0.1, 0.15) is 31.7 Å². The molecule has 1 saturated heterocycles. The fourth-order valence-corrected chi connectivity index (χ4v) is 4.41. The summed E-state index contributed by atoms with van der Waals surface area (Å²) in [5.41, 5.74) is 6.34. The van der Waals surface area contributed by atoms with E-state index in [0.29, 0.717) is 12.1 Å². The van der Waals surface area contributed by atoms with Crippen LogP contribution in [-0.4, -0.2) is 31.4 Å². The normalized spacial score (nSPS) is 22.7. The molecule has 1 aromatic carbocycles. The molecule has 1 aromatic rings. The highest BCUT2D eigenvalue weighted by Crippen LogP contribution is 2.27. The summed E-state index contributed by atoms with van der Waals surface area (Å²) in [4.78, 5) is 0.00755. The van der Waals surface area contributed by atoms with Gasteiger partial charge < -0.3 is 5.73 Å². The molecule has 2 atom stereocenters. The third-order valence-corrected chi connectivity index (χ3v) is 5.78. The first-order valence-electron chi connectivity index (χ1n) is 6.87.